The molecule has 0 radical (unpaired) electrons. The van der Waals surface area contributed by atoms with Crippen LogP contribution in [-0.4, -0.2) is 41.8 Å². The number of hydrogen-bond acceptors (Lipinski definition) is 6. The minimum atomic E-state index is -0.451. The Kier molecular flexibility index (Phi) is 7.57. The first-order chi connectivity index (χ1) is 13.9. The molecule has 2 aliphatic rings. The maximum Gasteiger partial charge on any atom is 0.410 e. The van der Waals surface area contributed by atoms with Crippen molar-refractivity contribution in [2.45, 2.75) is 77.2 Å². The molecule has 1 N–H and O–H groups in total. The monoisotopic (exact) mass is 421 g/mol. The third-order valence-corrected chi connectivity index (χ3v) is 6.57. The van der Waals surface area contributed by atoms with Crippen LogP contribution in [0, 0.1) is 5.92 Å². The molecule has 0 aromatic carbocycles. The summed E-state index contributed by atoms with van der Waals surface area (Å²) in [5.41, 5.74) is 4.54. The number of nitrogens with one attached hydrogen (secondary N) is 1. The third kappa shape index (κ3) is 6.44. The van der Waals surface area contributed by atoms with Crippen LogP contribution in [0.25, 0.3) is 5.70 Å². The number of nitrogens with zero attached hydrogens (tertiary/aromatic N) is 2. The average Bonchev–Trinajstić information content (AvgIpc) is 3.17. The van der Waals surface area contributed by atoms with Crippen LogP contribution in [0.4, 0.5) is 4.79 Å². The lowest BCUT2D eigenvalue weighted by molar-refractivity contribution is 0.0205. The molecule has 1 amide bonds. The molecule has 0 atom stereocenters. The van der Waals surface area contributed by atoms with Crippen molar-refractivity contribution in [1.29, 1.82) is 0 Å². The van der Waals surface area contributed by atoms with Crippen molar-refractivity contribution >= 4 is 23.1 Å². The van der Waals surface area contributed by atoms with E-state index in [1.807, 2.05) is 25.7 Å². The van der Waals surface area contributed by atoms with Gasteiger partial charge >= 0.3 is 6.09 Å². The van der Waals surface area contributed by atoms with Gasteiger partial charge in [-0.25, -0.2) is 9.78 Å². The molecule has 1 aliphatic heterocycles. The van der Waals surface area contributed by atoms with Gasteiger partial charge in [0.2, 0.25) is 0 Å². The molecule has 0 unspecified atom stereocenters. The summed E-state index contributed by atoms with van der Waals surface area (Å²) in [6.07, 6.45) is 10.4. The maximum absolute atomic E-state index is 12.3. The van der Waals surface area contributed by atoms with Crippen LogP contribution in [0.3, 0.4) is 0 Å². The molecule has 1 saturated heterocycles. The van der Waals surface area contributed by atoms with Gasteiger partial charge in [0.05, 0.1) is 23.5 Å². The summed E-state index contributed by atoms with van der Waals surface area (Å²) in [7, 11) is 1.65. The zero-order valence-corrected chi connectivity index (χ0v) is 19.0. The van der Waals surface area contributed by atoms with Crippen molar-refractivity contribution in [3.8, 4) is 0 Å². The first-order valence-electron chi connectivity index (χ1n) is 10.8. The fraction of sp³-hybridized carbons (Fsp3) is 0.727. The largest absolute Gasteiger partial charge is 0.444 e. The van der Waals surface area contributed by atoms with E-state index in [0.717, 1.165) is 42.3 Å². The van der Waals surface area contributed by atoms with Gasteiger partial charge in [-0.2, -0.15) is 0 Å². The molecule has 0 bridgehead atoms. The van der Waals surface area contributed by atoms with Crippen LogP contribution >= 0.6 is 11.3 Å². The molecule has 1 aliphatic carbocycles. The molecule has 2 heterocycles. The zero-order chi connectivity index (χ0) is 20.9. The number of hydrogen-bond donors (Lipinski definition) is 1. The highest BCUT2D eigenvalue weighted by Crippen LogP contribution is 2.33. The van der Waals surface area contributed by atoms with Crippen molar-refractivity contribution in [2.75, 3.05) is 20.2 Å². The summed E-state index contributed by atoms with van der Waals surface area (Å²) in [5.74, 6) is 0.995. The van der Waals surface area contributed by atoms with Crippen molar-refractivity contribution in [3.63, 3.8) is 0 Å². The van der Waals surface area contributed by atoms with E-state index < -0.39 is 5.60 Å². The molecular formula is C22H35N3O3S. The molecule has 0 spiro atoms. The number of hydroxylamine groups is 1. The van der Waals surface area contributed by atoms with Crippen LogP contribution in [0.2, 0.25) is 0 Å². The van der Waals surface area contributed by atoms with E-state index in [0.29, 0.717) is 11.8 Å². The number of rotatable bonds is 5. The Balaban J connectivity index is 1.60. The normalized spacial score (nSPS) is 20.0. The fourth-order valence-corrected chi connectivity index (χ4v) is 5.04. The van der Waals surface area contributed by atoms with Crippen LogP contribution in [0.15, 0.2) is 11.5 Å². The number of amides is 1. The number of likely N-dealkylation sites (tertiary alicyclic amines) is 1. The molecular weight excluding hydrogens is 386 g/mol. The van der Waals surface area contributed by atoms with Crippen LogP contribution in [0.5, 0.6) is 0 Å². The predicted octanol–water partition coefficient (Wildman–Crippen LogP) is 5.33. The molecule has 3 rings (SSSR count). The van der Waals surface area contributed by atoms with Gasteiger partial charge < -0.3 is 9.64 Å². The topological polar surface area (TPSA) is 63.7 Å². The number of thiazole rings is 1. The average molecular weight is 422 g/mol. The summed E-state index contributed by atoms with van der Waals surface area (Å²) in [6.45, 7) is 7.15. The minimum absolute atomic E-state index is 0.210. The van der Waals surface area contributed by atoms with E-state index in [1.54, 1.807) is 18.4 Å². The Morgan fingerprint density at radius 3 is 2.52 bits per heavy atom. The third-order valence-electron chi connectivity index (χ3n) is 5.56. The van der Waals surface area contributed by atoms with Crippen molar-refractivity contribution in [1.82, 2.24) is 15.4 Å². The lowest BCUT2D eigenvalue weighted by Gasteiger charge is -2.32. The summed E-state index contributed by atoms with van der Waals surface area (Å²) in [4.78, 5) is 24.2. The quantitative estimate of drug-likeness (QED) is 0.651. The molecule has 6 nitrogen and oxygen atoms in total. The smallest absolute Gasteiger partial charge is 0.410 e. The first kappa shape index (κ1) is 22.1. The molecule has 162 valence electrons. The minimum Gasteiger partial charge on any atom is -0.444 e. The Hall–Kier alpha value is -1.60. The summed E-state index contributed by atoms with van der Waals surface area (Å²) in [5, 5.41) is 3.27. The van der Waals surface area contributed by atoms with Gasteiger partial charge in [-0.15, -0.1) is 11.3 Å². The Morgan fingerprint density at radius 2 is 1.90 bits per heavy atom. The van der Waals surface area contributed by atoms with Crippen molar-refractivity contribution < 1.29 is 14.4 Å². The van der Waals surface area contributed by atoms with E-state index in [2.05, 4.69) is 16.9 Å². The molecule has 7 heteroatoms. The van der Waals surface area contributed by atoms with Gasteiger partial charge in [0, 0.05) is 24.4 Å². The summed E-state index contributed by atoms with van der Waals surface area (Å²) >= 11 is 1.71. The Labute approximate surface area is 178 Å². The highest BCUT2D eigenvalue weighted by molar-refractivity contribution is 7.09. The van der Waals surface area contributed by atoms with Gasteiger partial charge in [0.25, 0.3) is 0 Å². The summed E-state index contributed by atoms with van der Waals surface area (Å²) in [6, 6.07) is 0. The lowest BCUT2D eigenvalue weighted by atomic mass is 9.88. The second-order valence-electron chi connectivity index (χ2n) is 9.10. The molecule has 29 heavy (non-hydrogen) atoms. The number of aromatic nitrogens is 1. The van der Waals surface area contributed by atoms with Crippen LogP contribution < -0.4 is 5.48 Å². The fourth-order valence-electron chi connectivity index (χ4n) is 4.05. The number of ether oxygens (including phenoxy) is 1. The molecule has 1 aromatic heterocycles. The van der Waals surface area contributed by atoms with Crippen LogP contribution in [0.1, 0.15) is 82.3 Å². The number of carbonyl (C=O) groups excluding carboxylic acids is 1. The predicted molar refractivity (Wildman–Crippen MR) is 117 cm³/mol. The SMILES string of the molecule is CONC(=CC1CCCCC1)c1csc(C2CCN(C(=O)OC(C)(C)C)CC2)n1. The number of carbonyl (C=O) groups is 1. The lowest BCUT2D eigenvalue weighted by Crippen LogP contribution is -2.41. The maximum atomic E-state index is 12.3. The van der Waals surface area contributed by atoms with Crippen molar-refractivity contribution in [3.05, 3.63) is 22.2 Å². The Bertz CT molecular complexity index is 696. The van der Waals surface area contributed by atoms with Gasteiger partial charge in [0.1, 0.15) is 5.60 Å². The second-order valence-corrected chi connectivity index (χ2v) is 9.99. The molecule has 1 aromatic rings. The first-order valence-corrected chi connectivity index (χ1v) is 11.7. The number of piperidine rings is 1. The second kappa shape index (κ2) is 9.94. The standard InChI is InChI=1S/C22H35N3O3S/c1-22(2,3)28-21(26)25-12-10-17(11-13-25)20-23-19(15-29-20)18(24-27-4)14-16-8-6-5-7-9-16/h14-17,24H,5-13H2,1-4H3. The van der Waals surface area contributed by atoms with Gasteiger partial charge in [-0.1, -0.05) is 25.3 Å². The zero-order valence-electron chi connectivity index (χ0n) is 18.2. The Morgan fingerprint density at radius 1 is 1.21 bits per heavy atom. The van der Waals surface area contributed by atoms with Gasteiger partial charge in [-0.05, 0) is 52.4 Å². The molecule has 1 saturated carbocycles. The highest BCUT2D eigenvalue weighted by atomic mass is 32.1. The highest BCUT2D eigenvalue weighted by Gasteiger charge is 2.29. The van der Waals surface area contributed by atoms with Gasteiger partial charge in [-0.3, -0.25) is 10.3 Å². The van der Waals surface area contributed by atoms with E-state index in [9.17, 15) is 4.79 Å². The van der Waals surface area contributed by atoms with E-state index >= 15 is 0 Å². The van der Waals surface area contributed by atoms with E-state index in [4.69, 9.17) is 14.6 Å². The van der Waals surface area contributed by atoms with Crippen LogP contribution in [-0.2, 0) is 9.57 Å². The van der Waals surface area contributed by atoms with Crippen molar-refractivity contribution in [2.24, 2.45) is 5.92 Å². The van der Waals surface area contributed by atoms with E-state index in [1.165, 1.54) is 32.1 Å². The van der Waals surface area contributed by atoms with Gasteiger partial charge in [0.15, 0.2) is 0 Å². The van der Waals surface area contributed by atoms with E-state index in [-0.39, 0.29) is 6.09 Å². The molecule has 2 fully saturated rings. The summed E-state index contributed by atoms with van der Waals surface area (Å²) < 4.78 is 5.50. The number of allylic oxidation sites excluding steroid dienone is 1.